The molecule has 0 N–H and O–H groups in total. The third-order valence-electron chi connectivity index (χ3n) is 4.17. The summed E-state index contributed by atoms with van der Waals surface area (Å²) in [7, 11) is 0. The monoisotopic (exact) mass is 398 g/mol. The van der Waals surface area contributed by atoms with Gasteiger partial charge in [-0.1, -0.05) is 36.4 Å². The third-order valence-corrected chi connectivity index (χ3v) is 4.80. The number of hydrogen-bond donors (Lipinski definition) is 0. The van der Waals surface area contributed by atoms with Gasteiger partial charge in [0.2, 0.25) is 5.43 Å². The van der Waals surface area contributed by atoms with Gasteiger partial charge in [0.05, 0.1) is 25.0 Å². The molecule has 0 spiro atoms. The zero-order chi connectivity index (χ0) is 17.4. The summed E-state index contributed by atoms with van der Waals surface area (Å²) in [6, 6.07) is 9.63. The molecular formula is C18H15BrN4O2. The number of imidazole rings is 1. The number of hydrogen-bond acceptors (Lipinski definition) is 4. The summed E-state index contributed by atoms with van der Waals surface area (Å²) in [5.74, 6) is 0.906. The van der Waals surface area contributed by atoms with E-state index >= 15 is 0 Å². The summed E-state index contributed by atoms with van der Waals surface area (Å²) in [6.07, 6.45) is 4.80. The summed E-state index contributed by atoms with van der Waals surface area (Å²) in [6.45, 7) is 4.83. The molecule has 126 valence electrons. The first-order chi connectivity index (χ1) is 12.2. The van der Waals surface area contributed by atoms with Crippen LogP contribution in [0.4, 0.5) is 0 Å². The van der Waals surface area contributed by atoms with E-state index in [4.69, 9.17) is 4.74 Å². The van der Waals surface area contributed by atoms with Gasteiger partial charge in [-0.2, -0.15) is 5.10 Å². The summed E-state index contributed by atoms with van der Waals surface area (Å²) in [5, 5.41) is 4.28. The van der Waals surface area contributed by atoms with E-state index in [0.29, 0.717) is 24.7 Å². The molecule has 3 aromatic rings. The summed E-state index contributed by atoms with van der Waals surface area (Å²) >= 11 is 3.50. The summed E-state index contributed by atoms with van der Waals surface area (Å²) < 4.78 is 10.5. The average Bonchev–Trinajstić information content (AvgIpc) is 3.01. The molecule has 0 saturated heterocycles. The van der Waals surface area contributed by atoms with Crippen LogP contribution in [0.3, 0.4) is 0 Å². The van der Waals surface area contributed by atoms with Crippen LogP contribution in [-0.4, -0.2) is 19.3 Å². The normalized spacial score (nSPS) is 15.3. The molecule has 0 bridgehead atoms. The van der Waals surface area contributed by atoms with Crippen LogP contribution in [-0.2, 0) is 13.2 Å². The maximum absolute atomic E-state index is 12.4. The highest BCUT2D eigenvalue weighted by Crippen LogP contribution is 2.35. The average molecular weight is 399 g/mol. The van der Waals surface area contributed by atoms with Crippen LogP contribution in [0.2, 0.25) is 0 Å². The molecule has 25 heavy (non-hydrogen) atoms. The van der Waals surface area contributed by atoms with Crippen molar-refractivity contribution >= 4 is 15.9 Å². The molecule has 0 saturated carbocycles. The number of benzene rings is 1. The minimum atomic E-state index is -0.266. The molecule has 7 heteroatoms. The van der Waals surface area contributed by atoms with Gasteiger partial charge in [-0.15, -0.1) is 6.58 Å². The van der Waals surface area contributed by atoms with E-state index in [2.05, 4.69) is 32.6 Å². The lowest BCUT2D eigenvalue weighted by Crippen LogP contribution is -2.28. The Balaban J connectivity index is 1.83. The Morgan fingerprint density at radius 1 is 1.32 bits per heavy atom. The largest absolute Gasteiger partial charge is 0.483 e. The Labute approximate surface area is 152 Å². The van der Waals surface area contributed by atoms with E-state index in [0.717, 1.165) is 10.2 Å². The summed E-state index contributed by atoms with van der Waals surface area (Å²) in [4.78, 5) is 16.9. The van der Waals surface area contributed by atoms with Crippen LogP contribution in [0, 0.1) is 0 Å². The van der Waals surface area contributed by atoms with E-state index in [1.54, 1.807) is 17.0 Å². The van der Waals surface area contributed by atoms with Crippen molar-refractivity contribution in [3.8, 4) is 17.3 Å². The number of halogens is 1. The predicted molar refractivity (Wildman–Crippen MR) is 97.4 cm³/mol. The maximum Gasteiger partial charge on any atom is 0.242 e. The van der Waals surface area contributed by atoms with Gasteiger partial charge in [-0.05, 0) is 21.5 Å². The first kappa shape index (κ1) is 15.8. The number of fused-ring (bicyclic) bond motifs is 3. The van der Waals surface area contributed by atoms with E-state index in [-0.39, 0.29) is 17.2 Å². The molecule has 0 radical (unpaired) electrons. The van der Waals surface area contributed by atoms with Crippen molar-refractivity contribution in [3.63, 3.8) is 0 Å². The zero-order valence-corrected chi connectivity index (χ0v) is 14.9. The molecule has 1 aromatic carbocycles. The molecule has 4 rings (SSSR count). The lowest BCUT2D eigenvalue weighted by atomic mass is 10.2. The molecule has 6 nitrogen and oxygen atoms in total. The van der Waals surface area contributed by atoms with Crippen molar-refractivity contribution in [2.45, 2.75) is 19.2 Å². The van der Waals surface area contributed by atoms with Gasteiger partial charge < -0.3 is 9.30 Å². The van der Waals surface area contributed by atoms with Gasteiger partial charge in [0.25, 0.3) is 0 Å². The highest BCUT2D eigenvalue weighted by molar-refractivity contribution is 9.10. The van der Waals surface area contributed by atoms with E-state index < -0.39 is 0 Å². The Hall–Kier alpha value is -2.67. The fraction of sp³-hybridized carbons (Fsp3) is 0.167. The van der Waals surface area contributed by atoms with Crippen LogP contribution in [0.25, 0.3) is 11.5 Å². The van der Waals surface area contributed by atoms with Crippen molar-refractivity contribution < 1.29 is 4.74 Å². The van der Waals surface area contributed by atoms with Crippen LogP contribution < -0.4 is 10.2 Å². The second-order valence-corrected chi connectivity index (χ2v) is 6.54. The molecule has 1 atom stereocenters. The lowest BCUT2D eigenvalue weighted by molar-refractivity contribution is 0.295. The number of allylic oxidation sites excluding steroid dienone is 1. The molecule has 0 amide bonds. The van der Waals surface area contributed by atoms with Crippen molar-refractivity contribution in [1.82, 2.24) is 19.3 Å². The Bertz CT molecular complexity index is 994. The number of ether oxygens (including phenoxy) is 1. The SMILES string of the molecule is C=C[C@H]1Cn2c(Br)cnc2-c2c(OCc3ccccc3)c(=O)cnn21. The number of rotatable bonds is 4. The minimum absolute atomic E-state index is 0.0901. The van der Waals surface area contributed by atoms with Gasteiger partial charge in [-0.25, -0.2) is 9.67 Å². The molecular weight excluding hydrogens is 384 g/mol. The van der Waals surface area contributed by atoms with Gasteiger partial charge in [0, 0.05) is 0 Å². The van der Waals surface area contributed by atoms with Crippen LogP contribution in [0.1, 0.15) is 11.6 Å². The lowest BCUT2D eigenvalue weighted by Gasteiger charge is -2.27. The molecule has 1 aliphatic heterocycles. The highest BCUT2D eigenvalue weighted by Gasteiger charge is 2.29. The van der Waals surface area contributed by atoms with Crippen LogP contribution >= 0.6 is 15.9 Å². The van der Waals surface area contributed by atoms with Crippen LogP contribution in [0.5, 0.6) is 5.75 Å². The third kappa shape index (κ3) is 2.70. The summed E-state index contributed by atoms with van der Waals surface area (Å²) in [5.41, 5.74) is 1.29. The minimum Gasteiger partial charge on any atom is -0.483 e. The van der Waals surface area contributed by atoms with Crippen molar-refractivity contribution in [2.75, 3.05) is 0 Å². The molecule has 0 fully saturated rings. The van der Waals surface area contributed by atoms with E-state index in [9.17, 15) is 4.79 Å². The topological polar surface area (TPSA) is 61.9 Å². The fourth-order valence-corrected chi connectivity index (χ4v) is 3.35. The van der Waals surface area contributed by atoms with Gasteiger partial charge in [0.1, 0.15) is 16.9 Å². The molecule has 1 aliphatic rings. The molecule has 0 aliphatic carbocycles. The Kier molecular flexibility index (Phi) is 4.01. The van der Waals surface area contributed by atoms with Crippen molar-refractivity contribution in [2.24, 2.45) is 0 Å². The second kappa shape index (κ2) is 6.33. The van der Waals surface area contributed by atoms with E-state index in [1.807, 2.05) is 34.9 Å². The highest BCUT2D eigenvalue weighted by atomic mass is 79.9. The smallest absolute Gasteiger partial charge is 0.242 e. The number of aromatic nitrogens is 4. The zero-order valence-electron chi connectivity index (χ0n) is 13.3. The fourth-order valence-electron chi connectivity index (χ4n) is 2.93. The second-order valence-electron chi connectivity index (χ2n) is 5.72. The van der Waals surface area contributed by atoms with Crippen molar-refractivity contribution in [3.05, 3.63) is 75.8 Å². The van der Waals surface area contributed by atoms with Crippen molar-refractivity contribution in [1.29, 1.82) is 0 Å². The predicted octanol–water partition coefficient (Wildman–Crippen LogP) is 3.19. The standard InChI is InChI=1S/C18H15BrN4O2/c1-2-13-10-22-15(19)9-20-18(22)16-17(14(24)8-21-23(13)16)25-11-12-6-4-3-5-7-12/h2-9,13H,1,10-11H2/t13-/m0/s1. The van der Waals surface area contributed by atoms with Crippen LogP contribution in [0.15, 0.2) is 64.8 Å². The molecule has 2 aromatic heterocycles. The first-order valence-corrected chi connectivity index (χ1v) is 8.61. The van der Waals surface area contributed by atoms with Gasteiger partial charge in [0.15, 0.2) is 11.6 Å². The van der Waals surface area contributed by atoms with Gasteiger partial charge >= 0.3 is 0 Å². The number of nitrogens with zero attached hydrogens (tertiary/aromatic N) is 4. The first-order valence-electron chi connectivity index (χ1n) is 7.81. The van der Waals surface area contributed by atoms with Gasteiger partial charge in [-0.3, -0.25) is 4.79 Å². The quantitative estimate of drug-likeness (QED) is 0.633. The molecule has 3 heterocycles. The Morgan fingerprint density at radius 2 is 2.12 bits per heavy atom. The molecule has 0 unspecified atom stereocenters. The maximum atomic E-state index is 12.4. The Morgan fingerprint density at radius 3 is 2.88 bits per heavy atom. The van der Waals surface area contributed by atoms with E-state index in [1.165, 1.54) is 6.20 Å².